The number of amides is 1. The molecule has 0 aliphatic carbocycles. The smallest absolute Gasteiger partial charge is 0.240 e. The molecule has 4 rings (SSSR count). The maximum absolute atomic E-state index is 13.3. The molecule has 0 spiro atoms. The van der Waals surface area contributed by atoms with Gasteiger partial charge < -0.3 is 11.1 Å². The summed E-state index contributed by atoms with van der Waals surface area (Å²) in [5, 5.41) is 5.21. The minimum atomic E-state index is -0.303. The van der Waals surface area contributed by atoms with Crippen molar-refractivity contribution in [1.82, 2.24) is 19.9 Å². The third kappa shape index (κ3) is 4.00. The number of carbonyl (C=O) groups excluding carboxylic acids is 1. The zero-order valence-corrected chi connectivity index (χ0v) is 15.8. The highest BCUT2D eigenvalue weighted by Gasteiger charge is 2.31. The number of nitrogens with zero attached hydrogens (tertiary/aromatic N) is 4. The number of carbonyl (C=O) groups is 1. The summed E-state index contributed by atoms with van der Waals surface area (Å²) < 4.78 is 13.3. The predicted octanol–water partition coefficient (Wildman–Crippen LogP) is 3.10. The Balaban J connectivity index is 1.59. The molecular formula is C19H19FN6OS. The van der Waals surface area contributed by atoms with Crippen molar-refractivity contribution in [3.63, 3.8) is 0 Å². The minimum absolute atomic E-state index is 0.0626. The molecule has 1 saturated heterocycles. The summed E-state index contributed by atoms with van der Waals surface area (Å²) >= 11 is 1.38. The van der Waals surface area contributed by atoms with Crippen LogP contribution in [0.4, 0.5) is 15.5 Å². The molecule has 1 aliphatic rings. The van der Waals surface area contributed by atoms with Gasteiger partial charge in [0.1, 0.15) is 5.82 Å². The Bertz CT molecular complexity index is 963. The standard InChI is InChI=1S/C19H19FN6OS/c20-13-5-3-12(4-6-13)14-10-23-18(21)25-17(14)15-2-1-8-26(15)11-16(27)24-19-22-7-9-28-19/h3-7,9-10,15H,1-2,8,11H2,(H2,21,23,25)(H,22,24,27). The number of nitrogen functional groups attached to an aromatic ring is 1. The zero-order valence-electron chi connectivity index (χ0n) is 15.0. The lowest BCUT2D eigenvalue weighted by Crippen LogP contribution is -2.33. The molecule has 0 bridgehead atoms. The van der Waals surface area contributed by atoms with Gasteiger partial charge in [0, 0.05) is 23.3 Å². The SMILES string of the molecule is Nc1ncc(-c2ccc(F)cc2)c(C2CCCN2CC(=O)Nc2nccs2)n1. The van der Waals surface area contributed by atoms with Crippen molar-refractivity contribution in [2.24, 2.45) is 0 Å². The van der Waals surface area contributed by atoms with Crippen molar-refractivity contribution in [2.75, 3.05) is 24.1 Å². The summed E-state index contributed by atoms with van der Waals surface area (Å²) in [5.74, 6) is -0.241. The topological polar surface area (TPSA) is 97.0 Å². The lowest BCUT2D eigenvalue weighted by Gasteiger charge is -2.25. The zero-order chi connectivity index (χ0) is 19.5. The fourth-order valence-electron chi connectivity index (χ4n) is 3.47. The van der Waals surface area contributed by atoms with Gasteiger partial charge >= 0.3 is 0 Å². The molecule has 3 heterocycles. The number of likely N-dealkylation sites (tertiary alicyclic amines) is 1. The van der Waals surface area contributed by atoms with Crippen molar-refractivity contribution in [1.29, 1.82) is 0 Å². The first-order valence-electron chi connectivity index (χ1n) is 8.92. The number of rotatable bonds is 5. The summed E-state index contributed by atoms with van der Waals surface area (Å²) in [6.45, 7) is 1.01. The van der Waals surface area contributed by atoms with Crippen LogP contribution in [0.3, 0.4) is 0 Å². The van der Waals surface area contributed by atoms with Gasteiger partial charge in [0.2, 0.25) is 11.9 Å². The average molecular weight is 398 g/mol. The first-order valence-corrected chi connectivity index (χ1v) is 9.80. The molecule has 2 aromatic heterocycles. The van der Waals surface area contributed by atoms with Gasteiger partial charge in [0.05, 0.1) is 18.3 Å². The minimum Gasteiger partial charge on any atom is -0.368 e. The summed E-state index contributed by atoms with van der Waals surface area (Å²) in [6.07, 6.45) is 5.12. The maximum Gasteiger partial charge on any atom is 0.240 e. The van der Waals surface area contributed by atoms with E-state index < -0.39 is 0 Å². The molecule has 0 saturated carbocycles. The normalized spacial score (nSPS) is 17.0. The highest BCUT2D eigenvalue weighted by Crippen LogP contribution is 2.36. The highest BCUT2D eigenvalue weighted by atomic mass is 32.1. The molecule has 9 heteroatoms. The van der Waals surface area contributed by atoms with Gasteiger partial charge in [-0.3, -0.25) is 9.69 Å². The van der Waals surface area contributed by atoms with Crippen LogP contribution in [0.15, 0.2) is 42.0 Å². The Labute approximate surface area is 165 Å². The summed E-state index contributed by atoms with van der Waals surface area (Å²) in [4.78, 5) is 27.2. The van der Waals surface area contributed by atoms with Crippen LogP contribution in [0, 0.1) is 5.82 Å². The van der Waals surface area contributed by atoms with E-state index in [1.54, 1.807) is 24.5 Å². The number of halogens is 1. The van der Waals surface area contributed by atoms with Crippen LogP contribution >= 0.6 is 11.3 Å². The number of benzene rings is 1. The van der Waals surface area contributed by atoms with E-state index in [0.29, 0.717) is 5.13 Å². The van der Waals surface area contributed by atoms with Crippen LogP contribution in [0.25, 0.3) is 11.1 Å². The van der Waals surface area contributed by atoms with Crippen LogP contribution in [0.2, 0.25) is 0 Å². The quantitative estimate of drug-likeness (QED) is 0.685. The van der Waals surface area contributed by atoms with Crippen molar-refractivity contribution in [3.8, 4) is 11.1 Å². The van der Waals surface area contributed by atoms with E-state index in [1.807, 2.05) is 5.38 Å². The summed E-state index contributed by atoms with van der Waals surface area (Å²) in [7, 11) is 0. The molecule has 1 aromatic carbocycles. The van der Waals surface area contributed by atoms with E-state index in [1.165, 1.54) is 23.5 Å². The van der Waals surface area contributed by atoms with Crippen LogP contribution in [-0.2, 0) is 4.79 Å². The first kappa shape index (κ1) is 18.5. The van der Waals surface area contributed by atoms with Gasteiger partial charge in [-0.2, -0.15) is 0 Å². The van der Waals surface area contributed by atoms with Crippen LogP contribution in [0.1, 0.15) is 24.6 Å². The fraction of sp³-hybridized carbons (Fsp3) is 0.263. The number of hydrogen-bond acceptors (Lipinski definition) is 7. The predicted molar refractivity (Wildman–Crippen MR) is 106 cm³/mol. The highest BCUT2D eigenvalue weighted by molar-refractivity contribution is 7.13. The second-order valence-electron chi connectivity index (χ2n) is 6.55. The number of aromatic nitrogens is 3. The van der Waals surface area contributed by atoms with Crippen LogP contribution in [-0.4, -0.2) is 38.8 Å². The van der Waals surface area contributed by atoms with Gasteiger partial charge in [-0.15, -0.1) is 11.3 Å². The molecule has 1 amide bonds. The molecule has 3 N–H and O–H groups in total. The van der Waals surface area contributed by atoms with Gasteiger partial charge in [0.15, 0.2) is 5.13 Å². The Morgan fingerprint density at radius 3 is 2.89 bits per heavy atom. The van der Waals surface area contributed by atoms with Crippen molar-refractivity contribution in [3.05, 3.63) is 53.6 Å². The van der Waals surface area contributed by atoms with E-state index in [0.717, 1.165) is 36.2 Å². The average Bonchev–Trinajstić information content (AvgIpc) is 3.34. The van der Waals surface area contributed by atoms with E-state index in [4.69, 9.17) is 5.73 Å². The first-order chi connectivity index (χ1) is 13.6. The van der Waals surface area contributed by atoms with Crippen molar-refractivity contribution < 1.29 is 9.18 Å². The second kappa shape index (κ2) is 7.99. The van der Waals surface area contributed by atoms with E-state index in [2.05, 4.69) is 25.2 Å². The van der Waals surface area contributed by atoms with E-state index >= 15 is 0 Å². The number of nitrogens with two attached hydrogens (primary N) is 1. The number of nitrogens with one attached hydrogen (secondary N) is 1. The lowest BCUT2D eigenvalue weighted by atomic mass is 10.00. The molecule has 144 valence electrons. The maximum atomic E-state index is 13.3. The van der Waals surface area contributed by atoms with Crippen molar-refractivity contribution >= 4 is 28.3 Å². The number of hydrogen-bond donors (Lipinski definition) is 2. The Morgan fingerprint density at radius 1 is 1.32 bits per heavy atom. The molecule has 1 fully saturated rings. The van der Waals surface area contributed by atoms with Crippen LogP contribution < -0.4 is 11.1 Å². The molecular weight excluding hydrogens is 379 g/mol. The largest absolute Gasteiger partial charge is 0.368 e. The summed E-state index contributed by atoms with van der Waals surface area (Å²) in [6, 6.07) is 6.14. The lowest BCUT2D eigenvalue weighted by molar-refractivity contribution is -0.117. The third-order valence-corrected chi connectivity index (χ3v) is 5.39. The Morgan fingerprint density at radius 2 is 2.14 bits per heavy atom. The Kier molecular flexibility index (Phi) is 5.27. The molecule has 1 unspecified atom stereocenters. The summed E-state index contributed by atoms with van der Waals surface area (Å²) in [5.41, 5.74) is 8.22. The van der Waals surface area contributed by atoms with Crippen molar-refractivity contribution in [2.45, 2.75) is 18.9 Å². The van der Waals surface area contributed by atoms with Gasteiger partial charge in [-0.1, -0.05) is 12.1 Å². The molecule has 0 radical (unpaired) electrons. The number of thiazole rings is 1. The van der Waals surface area contributed by atoms with E-state index in [9.17, 15) is 9.18 Å². The molecule has 7 nitrogen and oxygen atoms in total. The molecule has 28 heavy (non-hydrogen) atoms. The van der Waals surface area contributed by atoms with E-state index in [-0.39, 0.29) is 30.3 Å². The van der Waals surface area contributed by atoms with Crippen LogP contribution in [0.5, 0.6) is 0 Å². The monoisotopic (exact) mass is 398 g/mol. The third-order valence-electron chi connectivity index (χ3n) is 4.70. The second-order valence-corrected chi connectivity index (χ2v) is 7.44. The van der Waals surface area contributed by atoms with Gasteiger partial charge in [-0.25, -0.2) is 19.3 Å². The molecule has 1 aliphatic heterocycles. The fourth-order valence-corrected chi connectivity index (χ4v) is 4.01. The van der Waals surface area contributed by atoms with Gasteiger partial charge in [0.25, 0.3) is 0 Å². The van der Waals surface area contributed by atoms with Gasteiger partial charge in [-0.05, 0) is 37.1 Å². The molecule has 1 atom stereocenters. The Hall–Kier alpha value is -2.91. The number of anilines is 2. The molecule has 3 aromatic rings.